The third-order valence-electron chi connectivity index (χ3n) is 0.352. The van der Waals surface area contributed by atoms with Gasteiger partial charge in [0.05, 0.1) is 0 Å². The summed E-state index contributed by atoms with van der Waals surface area (Å²) in [6, 6.07) is 0.861. The van der Waals surface area contributed by atoms with Gasteiger partial charge in [0.15, 0.2) is 0 Å². The van der Waals surface area contributed by atoms with Crippen LogP contribution in [0, 0.1) is 0 Å². The fourth-order valence-electron chi connectivity index (χ4n) is 0.102. The molecule has 0 rings (SSSR count). The molecule has 0 aromatic rings. The van der Waals surface area contributed by atoms with Crippen molar-refractivity contribution in [2.24, 2.45) is 5.73 Å². The number of hydrogen-bond acceptors (Lipinski definition) is 2. The number of nitrogens with two attached hydrogens (primary N) is 1. The van der Waals surface area contributed by atoms with Gasteiger partial charge in [-0.1, -0.05) is 13.3 Å². The first-order valence-electron chi connectivity index (χ1n) is 2.34. The van der Waals surface area contributed by atoms with Gasteiger partial charge in [0.25, 0.3) is 0 Å². The molecule has 0 aliphatic rings. The van der Waals surface area contributed by atoms with E-state index >= 15 is 0 Å². The summed E-state index contributed by atoms with van der Waals surface area (Å²) >= 11 is 0. The zero-order chi connectivity index (χ0) is 6.12. The lowest BCUT2D eigenvalue weighted by Gasteiger charge is -1.66. The topological polar surface area (TPSA) is 43.1 Å². The third kappa shape index (κ3) is 24.2. The smallest absolute Gasteiger partial charge is 0.325 e. The van der Waals surface area contributed by atoms with Gasteiger partial charge < -0.3 is 10.2 Å². The summed E-state index contributed by atoms with van der Waals surface area (Å²) in [6.45, 7) is 2.02. The van der Waals surface area contributed by atoms with Gasteiger partial charge in [-0.05, 0) is 13.1 Å². The Labute approximate surface area is 47.0 Å². The van der Waals surface area contributed by atoms with Crippen LogP contribution in [-0.2, 0) is 4.46 Å². The van der Waals surface area contributed by atoms with E-state index in [9.17, 15) is 4.46 Å². The van der Waals surface area contributed by atoms with Crippen LogP contribution in [0.3, 0.4) is 0 Å². The highest BCUT2D eigenvalue weighted by Crippen LogP contribution is 1.76. The van der Waals surface area contributed by atoms with Crippen LogP contribution in [-0.4, -0.2) is 16.5 Å². The minimum atomic E-state index is -0.0922. The maximum atomic E-state index is 9.56. The van der Waals surface area contributed by atoms with Crippen LogP contribution in [0.5, 0.6) is 0 Å². The molecule has 0 aromatic carbocycles. The molecule has 43 valence electrons. The molecule has 2 N–H and O–H groups in total. The maximum Gasteiger partial charge on any atom is 0.325 e. The first kappa shape index (κ1) is 10.1. The highest BCUT2D eigenvalue weighted by atomic mass is 28.2. The molecule has 0 amide bonds. The van der Waals surface area contributed by atoms with Crippen molar-refractivity contribution in [3.63, 3.8) is 0 Å². The van der Waals surface area contributed by atoms with Gasteiger partial charge in [0.1, 0.15) is 0 Å². The van der Waals surface area contributed by atoms with Gasteiger partial charge in [0.2, 0.25) is 0 Å². The molecular weight excluding hydrogens is 106 g/mol. The van der Waals surface area contributed by atoms with Crippen LogP contribution in [0.2, 0.25) is 6.04 Å². The summed E-state index contributed by atoms with van der Waals surface area (Å²) in [7, 11) is 1.41. The fourth-order valence-corrected chi connectivity index (χ4v) is 0.306. The Morgan fingerprint density at radius 3 is 2.00 bits per heavy atom. The lowest BCUT2D eigenvalue weighted by Crippen LogP contribution is -1.69. The molecule has 0 bridgehead atoms. The summed E-state index contributed by atoms with van der Waals surface area (Å²) < 4.78 is 9.56. The van der Waals surface area contributed by atoms with Crippen molar-refractivity contribution in [1.82, 2.24) is 0 Å². The van der Waals surface area contributed by atoms with E-state index in [0.717, 1.165) is 12.5 Å². The molecule has 0 spiro atoms. The van der Waals surface area contributed by atoms with Crippen molar-refractivity contribution in [1.29, 1.82) is 0 Å². The molecule has 0 aromatic heterocycles. The largest absolute Gasteiger partial charge is 0.385 e. The van der Waals surface area contributed by atoms with Crippen LogP contribution in [0.1, 0.15) is 13.3 Å². The van der Waals surface area contributed by atoms with Gasteiger partial charge in [-0.25, -0.2) is 0 Å². The number of rotatable bonds is 2. The second-order valence-corrected chi connectivity index (χ2v) is 1.68. The van der Waals surface area contributed by atoms with Crippen LogP contribution in [0.4, 0.5) is 0 Å². The lowest BCUT2D eigenvalue weighted by molar-refractivity contribution is 0.575. The molecule has 0 saturated carbocycles. The summed E-state index contributed by atoms with van der Waals surface area (Å²) in [6.07, 6.45) is 1.04. The van der Waals surface area contributed by atoms with Crippen LogP contribution < -0.4 is 5.73 Å². The molecule has 1 radical (unpaired) electrons. The lowest BCUT2D eigenvalue weighted by atomic mass is 10.6. The molecule has 0 saturated heterocycles. The van der Waals surface area contributed by atoms with Crippen molar-refractivity contribution in [2.45, 2.75) is 19.4 Å². The van der Waals surface area contributed by atoms with Crippen molar-refractivity contribution < 1.29 is 4.46 Å². The van der Waals surface area contributed by atoms with Gasteiger partial charge in [-0.3, -0.25) is 0 Å². The van der Waals surface area contributed by atoms with E-state index in [0.29, 0.717) is 0 Å². The Kier molecular flexibility index (Phi) is 24.0. The zero-order valence-corrected chi connectivity index (χ0v) is 5.90. The molecule has 0 fully saturated rings. The average molecular weight is 118 g/mol. The Balaban J connectivity index is 0. The summed E-state index contributed by atoms with van der Waals surface area (Å²) in [5.74, 6) is 0. The fraction of sp³-hybridized carbons (Fsp3) is 1.00. The number of hydrogen-bond donors (Lipinski definition) is 1. The van der Waals surface area contributed by atoms with E-state index in [1.807, 2.05) is 6.92 Å². The summed E-state index contributed by atoms with van der Waals surface area (Å²) in [5, 5.41) is 0. The van der Waals surface area contributed by atoms with E-state index in [4.69, 9.17) is 0 Å². The van der Waals surface area contributed by atoms with Crippen LogP contribution in [0.15, 0.2) is 0 Å². The minimum absolute atomic E-state index is 0.0922. The Hall–Kier alpha value is -0.0231. The maximum absolute atomic E-state index is 9.56. The monoisotopic (exact) mass is 118 g/mol. The second kappa shape index (κ2) is 16.7. The Bertz CT molecular complexity index is 32.9. The average Bonchev–Trinajstić information content (AvgIpc) is 1.75. The van der Waals surface area contributed by atoms with E-state index in [1.54, 1.807) is 0 Å². The summed E-state index contributed by atoms with van der Waals surface area (Å²) in [4.78, 5) is 0. The molecule has 0 atom stereocenters. The van der Waals surface area contributed by atoms with Gasteiger partial charge >= 0.3 is 9.41 Å². The van der Waals surface area contributed by atoms with Crippen molar-refractivity contribution in [2.75, 3.05) is 7.05 Å². The quantitative estimate of drug-likeness (QED) is 0.535. The predicted molar refractivity (Wildman–Crippen MR) is 31.6 cm³/mol. The van der Waals surface area contributed by atoms with E-state index in [1.165, 1.54) is 7.05 Å². The normalized spacial score (nSPS) is 6.14. The summed E-state index contributed by atoms with van der Waals surface area (Å²) in [5.41, 5.74) is 4.50. The van der Waals surface area contributed by atoms with Crippen LogP contribution in [0.25, 0.3) is 0 Å². The van der Waals surface area contributed by atoms with Gasteiger partial charge in [-0.15, -0.1) is 0 Å². The first-order valence-corrected chi connectivity index (χ1v) is 3.46. The zero-order valence-electron chi connectivity index (χ0n) is 4.90. The van der Waals surface area contributed by atoms with E-state index < -0.39 is 0 Å². The SMILES string of the molecule is CCC[Si]=O.CN. The molecule has 0 aliphatic heterocycles. The predicted octanol–water partition coefficient (Wildman–Crippen LogP) is 0.439. The molecular formula is C4H12NOSi. The van der Waals surface area contributed by atoms with E-state index in [-0.39, 0.29) is 9.41 Å². The third-order valence-corrected chi connectivity index (χ3v) is 1.06. The minimum Gasteiger partial charge on any atom is -0.385 e. The first-order chi connectivity index (χ1) is 3.41. The Morgan fingerprint density at radius 1 is 1.57 bits per heavy atom. The molecule has 3 heteroatoms. The standard InChI is InChI=1S/C3H7OSi.CH5N/c1-2-3-5-4;1-2/h2-3H2,1H3;2H2,1H3. The molecule has 7 heavy (non-hydrogen) atoms. The highest BCUT2D eigenvalue weighted by Gasteiger charge is 1.71. The van der Waals surface area contributed by atoms with Gasteiger partial charge in [-0.2, -0.15) is 0 Å². The van der Waals surface area contributed by atoms with Crippen molar-refractivity contribution in [3.8, 4) is 0 Å². The van der Waals surface area contributed by atoms with Crippen molar-refractivity contribution >= 4 is 9.41 Å². The molecule has 0 aliphatic carbocycles. The molecule has 0 unspecified atom stereocenters. The van der Waals surface area contributed by atoms with Crippen LogP contribution >= 0.6 is 0 Å². The molecule has 0 heterocycles. The molecule has 2 nitrogen and oxygen atoms in total. The Morgan fingerprint density at radius 2 is 2.00 bits per heavy atom. The highest BCUT2D eigenvalue weighted by molar-refractivity contribution is 6.16. The van der Waals surface area contributed by atoms with Crippen molar-refractivity contribution in [3.05, 3.63) is 0 Å². The van der Waals surface area contributed by atoms with Gasteiger partial charge in [0, 0.05) is 0 Å². The second-order valence-electron chi connectivity index (χ2n) is 0.894. The van der Waals surface area contributed by atoms with E-state index in [2.05, 4.69) is 5.73 Å².